The average molecular weight is 542 g/mol. The van der Waals surface area contributed by atoms with E-state index in [-0.39, 0.29) is 59.0 Å². The maximum Gasteiger partial charge on any atom is 0.415 e. The topological polar surface area (TPSA) is 143 Å². The van der Waals surface area contributed by atoms with E-state index in [0.717, 1.165) is 0 Å². The Morgan fingerprint density at radius 3 is 2.62 bits per heavy atom. The van der Waals surface area contributed by atoms with Crippen molar-refractivity contribution in [2.24, 2.45) is 0 Å². The van der Waals surface area contributed by atoms with Gasteiger partial charge in [-0.15, -0.1) is 0 Å². The number of ether oxygens (including phenoxy) is 1. The molecule has 0 aliphatic heterocycles. The predicted molar refractivity (Wildman–Crippen MR) is 141 cm³/mol. The first-order valence-electron chi connectivity index (χ1n) is 12.9. The van der Waals surface area contributed by atoms with Gasteiger partial charge in [-0.25, -0.2) is 14.2 Å². The van der Waals surface area contributed by atoms with Crippen LogP contribution in [0.25, 0.3) is 5.65 Å². The zero-order chi connectivity index (χ0) is 28.1. The van der Waals surface area contributed by atoms with Gasteiger partial charge in [0.2, 0.25) is 0 Å². The number of aliphatic hydroxyl groups excluding tert-OH is 1. The van der Waals surface area contributed by atoms with E-state index < -0.39 is 29.9 Å². The number of rotatable bonds is 6. The minimum atomic E-state index is -0.916. The molecule has 2 aliphatic rings. The summed E-state index contributed by atoms with van der Waals surface area (Å²) in [4.78, 5) is 44.9. The van der Waals surface area contributed by atoms with Crippen LogP contribution in [0.2, 0.25) is 0 Å². The van der Waals surface area contributed by atoms with Gasteiger partial charge in [-0.1, -0.05) is 0 Å². The van der Waals surface area contributed by atoms with Crippen molar-refractivity contribution < 1.29 is 23.8 Å². The number of aliphatic hydroxyl groups is 1. The Bertz CT molecular complexity index is 1470. The number of nitrogens with one attached hydrogen (secondary N) is 2. The predicted octanol–water partition coefficient (Wildman–Crippen LogP) is 2.93. The van der Waals surface area contributed by atoms with Crippen LogP contribution >= 0.6 is 0 Å². The van der Waals surface area contributed by atoms with Crippen molar-refractivity contribution in [3.8, 4) is 0 Å². The second kappa shape index (κ2) is 9.95. The number of amides is 2. The molecule has 39 heavy (non-hydrogen) atoms. The number of hydrogen-bond acceptors (Lipinski definition) is 8. The molecule has 3 N–H and O–H groups in total. The zero-order valence-corrected chi connectivity index (χ0v) is 22.2. The zero-order valence-electron chi connectivity index (χ0n) is 22.2. The summed E-state index contributed by atoms with van der Waals surface area (Å²) in [7, 11) is 1.50. The van der Waals surface area contributed by atoms with Crippen LogP contribution in [0.15, 0.2) is 35.4 Å². The maximum absolute atomic E-state index is 13.4. The van der Waals surface area contributed by atoms with Gasteiger partial charge in [0.05, 0.1) is 18.3 Å². The molecule has 3 heterocycles. The molecule has 0 spiro atoms. The SMILES string of the molecule is CN(C(=O)OC(C)(C)C)c1cc(Nc2cccn([C@H]3C[C@H](F)C3)c2=O)nc2c(C(=O)N[C@H]3CC[C@@H]3O)cnn12. The third-order valence-corrected chi connectivity index (χ3v) is 6.95. The minimum Gasteiger partial charge on any atom is -0.443 e. The van der Waals surface area contributed by atoms with Crippen LogP contribution in [0.4, 0.5) is 26.5 Å². The molecule has 0 bridgehead atoms. The van der Waals surface area contributed by atoms with Crippen molar-refractivity contribution in [2.45, 2.75) is 76.4 Å². The summed E-state index contributed by atoms with van der Waals surface area (Å²) in [6.07, 6.45) is 2.59. The molecule has 2 saturated carbocycles. The number of fused-ring (bicyclic) bond motifs is 1. The number of halogens is 1. The lowest BCUT2D eigenvalue weighted by Gasteiger charge is -2.32. The second-order valence-corrected chi connectivity index (χ2v) is 11.0. The minimum absolute atomic E-state index is 0.130. The summed E-state index contributed by atoms with van der Waals surface area (Å²) < 4.78 is 21.8. The molecule has 3 aromatic heterocycles. The van der Waals surface area contributed by atoms with Crippen LogP contribution in [0.1, 0.15) is 62.9 Å². The normalized spacial score (nSPS) is 22.5. The molecule has 0 aromatic carbocycles. The van der Waals surface area contributed by atoms with Crippen molar-refractivity contribution in [1.29, 1.82) is 0 Å². The second-order valence-electron chi connectivity index (χ2n) is 11.0. The third kappa shape index (κ3) is 5.31. The average Bonchev–Trinajstić information content (AvgIpc) is 3.28. The molecule has 3 aromatic rings. The van der Waals surface area contributed by atoms with Gasteiger partial charge in [0.25, 0.3) is 11.5 Å². The highest BCUT2D eigenvalue weighted by Crippen LogP contribution is 2.34. The Kier molecular flexibility index (Phi) is 6.79. The van der Waals surface area contributed by atoms with Crippen LogP contribution in [-0.2, 0) is 4.74 Å². The summed E-state index contributed by atoms with van der Waals surface area (Å²) in [5, 5.41) is 20.0. The van der Waals surface area contributed by atoms with E-state index in [9.17, 15) is 23.9 Å². The van der Waals surface area contributed by atoms with Gasteiger partial charge >= 0.3 is 6.09 Å². The molecule has 13 heteroatoms. The molecule has 0 saturated heterocycles. The Hall–Kier alpha value is -4.00. The lowest BCUT2D eigenvalue weighted by atomic mass is 9.89. The van der Waals surface area contributed by atoms with E-state index in [4.69, 9.17) is 4.74 Å². The summed E-state index contributed by atoms with van der Waals surface area (Å²) >= 11 is 0. The quantitative estimate of drug-likeness (QED) is 0.432. The van der Waals surface area contributed by atoms with E-state index >= 15 is 0 Å². The molecule has 2 fully saturated rings. The molecule has 2 amide bonds. The van der Waals surface area contributed by atoms with Crippen molar-refractivity contribution in [2.75, 3.05) is 17.3 Å². The van der Waals surface area contributed by atoms with E-state index in [1.54, 1.807) is 39.1 Å². The molecule has 208 valence electrons. The van der Waals surface area contributed by atoms with Gasteiger partial charge in [-0.3, -0.25) is 14.5 Å². The van der Waals surface area contributed by atoms with E-state index in [2.05, 4.69) is 20.7 Å². The van der Waals surface area contributed by atoms with Gasteiger partial charge in [0, 0.05) is 25.4 Å². The number of hydrogen-bond donors (Lipinski definition) is 3. The Morgan fingerprint density at radius 2 is 2.00 bits per heavy atom. The van der Waals surface area contributed by atoms with Crippen LogP contribution in [0.3, 0.4) is 0 Å². The number of carbonyl (C=O) groups is 2. The summed E-state index contributed by atoms with van der Waals surface area (Å²) in [6, 6.07) is 4.19. The van der Waals surface area contributed by atoms with E-state index in [0.29, 0.717) is 12.8 Å². The van der Waals surface area contributed by atoms with Gasteiger partial charge < -0.3 is 25.0 Å². The largest absolute Gasteiger partial charge is 0.443 e. The highest BCUT2D eigenvalue weighted by Gasteiger charge is 2.33. The van der Waals surface area contributed by atoms with Gasteiger partial charge in [0.15, 0.2) is 5.65 Å². The Balaban J connectivity index is 1.53. The summed E-state index contributed by atoms with van der Waals surface area (Å²) in [5.41, 5.74) is -0.640. The number of alkyl halides is 1. The first-order chi connectivity index (χ1) is 18.4. The molecule has 5 rings (SSSR count). The fourth-order valence-electron chi connectivity index (χ4n) is 4.51. The molecule has 0 unspecified atom stereocenters. The number of aromatic nitrogens is 4. The van der Waals surface area contributed by atoms with Crippen molar-refractivity contribution in [3.63, 3.8) is 0 Å². The summed E-state index contributed by atoms with van der Waals surface area (Å²) in [6.45, 7) is 5.23. The summed E-state index contributed by atoms with van der Waals surface area (Å²) in [5.74, 6) is -0.0648. The standard InChI is InChI=1S/C26H32FN7O5/c1-26(2,3)39-25(38)32(4)21-12-20(29-18-6-5-9-33(24(18)37)15-10-14(27)11-15)31-22-16(13-28-34(21)22)23(36)30-17-7-8-19(17)35/h5-6,9,12-15,17,19,35H,7-8,10-11H2,1-4H3,(H,29,31)(H,30,36)/t14-,15-,17-,19-/m0/s1. The highest BCUT2D eigenvalue weighted by molar-refractivity contribution is 6.00. The molecular weight excluding hydrogens is 509 g/mol. The number of nitrogens with zero attached hydrogens (tertiary/aromatic N) is 5. The van der Waals surface area contributed by atoms with Crippen molar-refractivity contribution in [1.82, 2.24) is 24.5 Å². The lowest BCUT2D eigenvalue weighted by Crippen LogP contribution is -2.50. The molecular formula is C26H32FN7O5. The lowest BCUT2D eigenvalue weighted by molar-refractivity contribution is 0.0448. The molecule has 2 aliphatic carbocycles. The first-order valence-corrected chi connectivity index (χ1v) is 12.9. The maximum atomic E-state index is 13.4. The van der Waals surface area contributed by atoms with Gasteiger partial charge in [-0.2, -0.15) is 9.61 Å². The number of pyridine rings is 1. The van der Waals surface area contributed by atoms with E-state index in [1.807, 2.05) is 0 Å². The Morgan fingerprint density at radius 1 is 1.26 bits per heavy atom. The molecule has 12 nitrogen and oxygen atoms in total. The van der Waals surface area contributed by atoms with Gasteiger partial charge in [0.1, 0.15) is 34.7 Å². The van der Waals surface area contributed by atoms with Crippen LogP contribution in [0.5, 0.6) is 0 Å². The number of anilines is 3. The molecule has 2 atom stereocenters. The van der Waals surface area contributed by atoms with Crippen LogP contribution in [0, 0.1) is 0 Å². The number of carbonyl (C=O) groups excluding carboxylic acids is 2. The highest BCUT2D eigenvalue weighted by atomic mass is 19.1. The van der Waals surface area contributed by atoms with Gasteiger partial charge in [-0.05, 0) is 58.6 Å². The smallest absolute Gasteiger partial charge is 0.415 e. The monoisotopic (exact) mass is 541 g/mol. The first kappa shape index (κ1) is 26.6. The third-order valence-electron chi connectivity index (χ3n) is 6.95. The molecule has 0 radical (unpaired) electrons. The fourth-order valence-corrected chi connectivity index (χ4v) is 4.51. The van der Waals surface area contributed by atoms with Crippen molar-refractivity contribution in [3.05, 3.63) is 46.5 Å². The van der Waals surface area contributed by atoms with Crippen LogP contribution < -0.4 is 21.1 Å². The Labute approximate surface area is 223 Å². The fraction of sp³-hybridized carbons (Fsp3) is 0.500. The van der Waals surface area contributed by atoms with Crippen molar-refractivity contribution >= 4 is 35.0 Å². The van der Waals surface area contributed by atoms with E-state index in [1.165, 1.54) is 33.3 Å². The van der Waals surface area contributed by atoms with Crippen LogP contribution in [-0.4, -0.2) is 67.2 Å².